The van der Waals surface area contributed by atoms with E-state index < -0.39 is 33.6 Å². The molecule has 9 heteroatoms. The van der Waals surface area contributed by atoms with Crippen LogP contribution in [0, 0.1) is 0 Å². The summed E-state index contributed by atoms with van der Waals surface area (Å²) in [7, 11) is -0.201. The maximum Gasteiger partial charge on any atom is 0.262 e. The van der Waals surface area contributed by atoms with Crippen LogP contribution in [0.3, 0.4) is 0 Å². The minimum absolute atomic E-state index is 0.163. The van der Waals surface area contributed by atoms with E-state index in [0.717, 1.165) is 11.2 Å². The molecule has 3 amide bonds. The summed E-state index contributed by atoms with van der Waals surface area (Å²) < 4.78 is 22.9. The van der Waals surface area contributed by atoms with Gasteiger partial charge < -0.3 is 0 Å². The summed E-state index contributed by atoms with van der Waals surface area (Å²) in [6.07, 6.45) is 0.875. The summed E-state index contributed by atoms with van der Waals surface area (Å²) in [6, 6.07) is 5.06. The Morgan fingerprint density at radius 3 is 2.08 bits per heavy atom. The zero-order chi connectivity index (χ0) is 18.1. The van der Waals surface area contributed by atoms with Gasteiger partial charge in [0.2, 0.25) is 0 Å². The van der Waals surface area contributed by atoms with Crippen LogP contribution in [-0.4, -0.2) is 68.2 Å². The summed E-state index contributed by atoms with van der Waals surface area (Å²) in [4.78, 5) is 38.3. The van der Waals surface area contributed by atoms with Crippen LogP contribution >= 0.6 is 0 Å². The predicted molar refractivity (Wildman–Crippen MR) is 86.9 cm³/mol. The van der Waals surface area contributed by atoms with E-state index in [2.05, 4.69) is 5.43 Å². The Morgan fingerprint density at radius 2 is 1.67 bits per heavy atom. The Balaban J connectivity index is 2.35. The number of nitrogens with one attached hydrogen (secondary N) is 1. The van der Waals surface area contributed by atoms with Crippen LogP contribution in [0.25, 0.3) is 0 Å². The number of hydrazine groups is 1. The van der Waals surface area contributed by atoms with E-state index in [1.54, 1.807) is 26.2 Å². The lowest BCUT2D eigenvalue weighted by molar-refractivity contribution is -0.128. The van der Waals surface area contributed by atoms with E-state index in [9.17, 15) is 22.8 Å². The first kappa shape index (κ1) is 18.1. The SMILES string of the molecule is CN(C)NC(=O)[C@@H](CCS(C)(=O)=O)N1C(=O)c2ccccc2C1=O. The van der Waals surface area contributed by atoms with Gasteiger partial charge in [-0.05, 0) is 18.6 Å². The number of hydrogen-bond donors (Lipinski definition) is 1. The van der Waals surface area contributed by atoms with Gasteiger partial charge in [-0.25, -0.2) is 13.4 Å². The third-order valence-electron chi connectivity index (χ3n) is 3.54. The molecule has 1 heterocycles. The highest BCUT2D eigenvalue weighted by atomic mass is 32.2. The molecule has 1 aromatic carbocycles. The topological polar surface area (TPSA) is 104 Å². The Bertz CT molecular complexity index is 753. The van der Waals surface area contributed by atoms with Crippen molar-refractivity contribution in [2.24, 2.45) is 0 Å². The quantitative estimate of drug-likeness (QED) is 0.555. The molecule has 0 fully saturated rings. The number of carbonyl (C=O) groups is 3. The molecule has 1 atom stereocenters. The number of carbonyl (C=O) groups excluding carboxylic acids is 3. The van der Waals surface area contributed by atoms with Crippen molar-refractivity contribution in [3.8, 4) is 0 Å². The Hall–Kier alpha value is -2.26. The van der Waals surface area contributed by atoms with Gasteiger partial charge in [0.1, 0.15) is 15.9 Å². The van der Waals surface area contributed by atoms with E-state index >= 15 is 0 Å². The van der Waals surface area contributed by atoms with Crippen molar-refractivity contribution in [2.75, 3.05) is 26.1 Å². The molecule has 0 saturated heterocycles. The lowest BCUT2D eigenvalue weighted by Crippen LogP contribution is -2.53. The number of amides is 3. The van der Waals surface area contributed by atoms with Crippen LogP contribution in [0.15, 0.2) is 24.3 Å². The third kappa shape index (κ3) is 3.80. The second-order valence-electron chi connectivity index (χ2n) is 5.83. The monoisotopic (exact) mass is 353 g/mol. The van der Waals surface area contributed by atoms with Crippen molar-refractivity contribution >= 4 is 27.6 Å². The van der Waals surface area contributed by atoms with Gasteiger partial charge in [-0.3, -0.25) is 24.7 Å². The molecule has 24 heavy (non-hydrogen) atoms. The zero-order valence-electron chi connectivity index (χ0n) is 13.6. The molecule has 130 valence electrons. The van der Waals surface area contributed by atoms with Gasteiger partial charge in [0.15, 0.2) is 0 Å². The molecule has 0 saturated carbocycles. The molecule has 1 aliphatic heterocycles. The number of hydrogen-bond acceptors (Lipinski definition) is 6. The van der Waals surface area contributed by atoms with Crippen molar-refractivity contribution in [2.45, 2.75) is 12.5 Å². The standard InChI is InChI=1S/C15H19N3O5S/c1-17(2)16-13(19)12(8-9-24(3,22)23)18-14(20)10-6-4-5-7-11(10)15(18)21/h4-7,12H,8-9H2,1-3H3,(H,16,19)/t12-/m1/s1. The fourth-order valence-electron chi connectivity index (χ4n) is 2.49. The average Bonchev–Trinajstić information content (AvgIpc) is 2.71. The number of sulfone groups is 1. The summed E-state index contributed by atoms with van der Waals surface area (Å²) in [5.74, 6) is -2.12. The minimum atomic E-state index is -3.36. The van der Waals surface area contributed by atoms with Gasteiger partial charge >= 0.3 is 0 Å². The summed E-state index contributed by atoms with van der Waals surface area (Å²) in [5, 5.41) is 1.37. The molecule has 0 bridgehead atoms. The van der Waals surface area contributed by atoms with E-state index in [-0.39, 0.29) is 23.3 Å². The van der Waals surface area contributed by atoms with Crippen molar-refractivity contribution < 1.29 is 22.8 Å². The smallest absolute Gasteiger partial charge is 0.262 e. The summed E-state index contributed by atoms with van der Waals surface area (Å²) in [5.41, 5.74) is 2.90. The molecule has 0 radical (unpaired) electrons. The molecule has 1 N–H and O–H groups in total. The van der Waals surface area contributed by atoms with Gasteiger partial charge in [0, 0.05) is 20.4 Å². The fourth-order valence-corrected chi connectivity index (χ4v) is 3.14. The Morgan fingerprint density at radius 1 is 1.17 bits per heavy atom. The molecule has 2 rings (SSSR count). The molecular formula is C15H19N3O5S. The van der Waals surface area contributed by atoms with Crippen LogP contribution in [0.5, 0.6) is 0 Å². The van der Waals surface area contributed by atoms with E-state index in [0.29, 0.717) is 0 Å². The summed E-state index contributed by atoms with van der Waals surface area (Å²) in [6.45, 7) is 0. The fraction of sp³-hybridized carbons (Fsp3) is 0.400. The molecule has 0 aliphatic carbocycles. The zero-order valence-corrected chi connectivity index (χ0v) is 14.5. The molecule has 8 nitrogen and oxygen atoms in total. The number of imide groups is 1. The predicted octanol–water partition coefficient (Wildman–Crippen LogP) is -0.321. The van der Waals surface area contributed by atoms with Gasteiger partial charge in [-0.15, -0.1) is 0 Å². The number of rotatable bonds is 6. The molecular weight excluding hydrogens is 334 g/mol. The van der Waals surface area contributed by atoms with E-state index in [1.807, 2.05) is 0 Å². The van der Waals surface area contributed by atoms with Gasteiger partial charge in [0.05, 0.1) is 16.9 Å². The maximum absolute atomic E-state index is 12.5. The number of fused-ring (bicyclic) bond motifs is 1. The largest absolute Gasteiger partial charge is 0.288 e. The van der Waals surface area contributed by atoms with Gasteiger partial charge in [-0.2, -0.15) is 0 Å². The Kier molecular flexibility index (Phi) is 5.05. The molecule has 1 aliphatic rings. The van der Waals surface area contributed by atoms with Crippen LogP contribution in [0.4, 0.5) is 0 Å². The highest BCUT2D eigenvalue weighted by Gasteiger charge is 2.42. The number of benzene rings is 1. The van der Waals surface area contributed by atoms with Gasteiger partial charge in [0.25, 0.3) is 17.7 Å². The van der Waals surface area contributed by atoms with Crippen LogP contribution in [0.2, 0.25) is 0 Å². The maximum atomic E-state index is 12.5. The lowest BCUT2D eigenvalue weighted by Gasteiger charge is -2.26. The lowest BCUT2D eigenvalue weighted by atomic mass is 10.1. The normalized spacial score (nSPS) is 15.6. The second-order valence-corrected chi connectivity index (χ2v) is 8.09. The highest BCUT2D eigenvalue weighted by molar-refractivity contribution is 7.90. The summed E-state index contributed by atoms with van der Waals surface area (Å²) >= 11 is 0. The molecule has 0 aromatic heterocycles. The van der Waals surface area contributed by atoms with Crippen LogP contribution in [0.1, 0.15) is 27.1 Å². The first-order valence-electron chi connectivity index (χ1n) is 7.24. The first-order valence-corrected chi connectivity index (χ1v) is 9.30. The number of nitrogens with zero attached hydrogens (tertiary/aromatic N) is 2. The van der Waals surface area contributed by atoms with Gasteiger partial charge in [-0.1, -0.05) is 12.1 Å². The van der Waals surface area contributed by atoms with Crippen molar-refractivity contribution in [3.05, 3.63) is 35.4 Å². The Labute approximate surface area is 140 Å². The first-order chi connectivity index (χ1) is 11.1. The van der Waals surface area contributed by atoms with Crippen LogP contribution in [-0.2, 0) is 14.6 Å². The third-order valence-corrected chi connectivity index (χ3v) is 4.51. The average molecular weight is 353 g/mol. The van der Waals surface area contributed by atoms with Crippen molar-refractivity contribution in [1.29, 1.82) is 0 Å². The van der Waals surface area contributed by atoms with E-state index in [1.165, 1.54) is 17.1 Å². The van der Waals surface area contributed by atoms with Crippen LogP contribution < -0.4 is 5.43 Å². The highest BCUT2D eigenvalue weighted by Crippen LogP contribution is 2.25. The molecule has 0 unspecified atom stereocenters. The second kappa shape index (κ2) is 6.70. The van der Waals surface area contributed by atoms with Crippen molar-refractivity contribution in [1.82, 2.24) is 15.3 Å². The molecule has 1 aromatic rings. The van der Waals surface area contributed by atoms with Crippen molar-refractivity contribution in [3.63, 3.8) is 0 Å². The van der Waals surface area contributed by atoms with E-state index in [4.69, 9.17) is 0 Å². The minimum Gasteiger partial charge on any atom is -0.288 e. The molecule has 0 spiro atoms.